The summed E-state index contributed by atoms with van der Waals surface area (Å²) in [7, 11) is -4.67. The number of unbranched alkanes of at least 4 members (excludes halogenated alkanes) is 9. The van der Waals surface area contributed by atoms with Crippen molar-refractivity contribution < 1.29 is 17.5 Å². The van der Waals surface area contributed by atoms with Crippen LogP contribution in [0.5, 0.6) is 0 Å². The van der Waals surface area contributed by atoms with Crippen LogP contribution in [0, 0.1) is 0 Å². The van der Waals surface area contributed by atoms with Crippen molar-refractivity contribution in [2.75, 3.05) is 0 Å². The molecule has 2 N–H and O–H groups in total. The zero-order valence-corrected chi connectivity index (χ0v) is 15.9. The molecule has 0 aliphatic heterocycles. The Labute approximate surface area is 142 Å². The molecule has 0 saturated carbocycles. The first-order chi connectivity index (χ1) is 8.41. The average molecular weight is 327 g/mol. The normalized spacial score (nSPS) is 10.4. The van der Waals surface area contributed by atoms with E-state index in [0.29, 0.717) is 0 Å². The Bertz CT molecular complexity index is 230. The fourth-order valence-electron chi connectivity index (χ4n) is 1.74. The van der Waals surface area contributed by atoms with Crippen LogP contribution in [0.15, 0.2) is 0 Å². The van der Waals surface area contributed by atoms with Crippen molar-refractivity contribution in [2.45, 2.75) is 74.8 Å². The zero-order chi connectivity index (χ0) is 14.3. The maximum absolute atomic E-state index is 8.74. The topological polar surface area (TPSA) is 74.6 Å². The van der Waals surface area contributed by atoms with Gasteiger partial charge in [-0.3, -0.25) is 9.11 Å². The molecule has 4 nitrogen and oxygen atoms in total. The number of halogens is 1. The minimum Gasteiger partial charge on any atom is -0.264 e. The van der Waals surface area contributed by atoms with Gasteiger partial charge in [-0.15, -0.1) is 12.4 Å². The summed E-state index contributed by atoms with van der Waals surface area (Å²) in [5, 5.41) is 0. The van der Waals surface area contributed by atoms with Crippen LogP contribution in [0.2, 0.25) is 3.67 Å². The number of rotatable bonds is 10. The molecule has 0 unspecified atom stereocenters. The van der Waals surface area contributed by atoms with Crippen LogP contribution in [0.3, 0.4) is 0 Å². The standard InChI is InChI=1S/C12H25.ClH.Na.H2O4S/c1-3-5-7-9-11-12-10-8-6-4-2;;;1-5(2,3)4/h1,3-12H2,2H3;1H;;(H2,1,2,3,4). The third-order valence-electron chi connectivity index (χ3n) is 2.71. The van der Waals surface area contributed by atoms with Gasteiger partial charge in [-0.25, -0.2) is 0 Å². The molecule has 114 valence electrons. The fourth-order valence-corrected chi connectivity index (χ4v) is 2.24. The Kier molecular flexibility index (Phi) is 25.3. The predicted octanol–water partition coefficient (Wildman–Crippen LogP) is 4.26. The van der Waals surface area contributed by atoms with Gasteiger partial charge in [0.05, 0.1) is 0 Å². The van der Waals surface area contributed by atoms with Crippen LogP contribution >= 0.6 is 12.4 Å². The van der Waals surface area contributed by atoms with E-state index < -0.39 is 10.4 Å². The number of hydrogen-bond acceptors (Lipinski definition) is 2. The summed E-state index contributed by atoms with van der Waals surface area (Å²) in [6, 6.07) is 0. The van der Waals surface area contributed by atoms with Crippen LogP contribution < -0.4 is 0 Å². The van der Waals surface area contributed by atoms with E-state index in [0.717, 1.165) is 0 Å². The van der Waals surface area contributed by atoms with Gasteiger partial charge < -0.3 is 0 Å². The maximum Gasteiger partial charge on any atom is 0.394 e. The van der Waals surface area contributed by atoms with E-state index in [1.807, 2.05) is 0 Å². The Hall–Kier alpha value is 1.16. The monoisotopic (exact) mass is 326 g/mol. The third-order valence-corrected chi connectivity index (χ3v) is 3.41. The van der Waals surface area contributed by atoms with Crippen LogP contribution in [0.25, 0.3) is 0 Å². The molecule has 7 heteroatoms. The van der Waals surface area contributed by atoms with Crippen molar-refractivity contribution >= 4 is 50.7 Å². The van der Waals surface area contributed by atoms with E-state index in [4.69, 9.17) is 17.5 Å². The SMILES string of the molecule is CCCCCCCCCCC[CH2][Na].Cl.O=S(=O)(O)O. The minimum atomic E-state index is -4.67. The molecule has 0 atom stereocenters. The van der Waals surface area contributed by atoms with Gasteiger partial charge in [0, 0.05) is 0 Å². The number of hydrogen-bond donors (Lipinski definition) is 2. The van der Waals surface area contributed by atoms with Gasteiger partial charge in [-0.05, 0) is 0 Å². The van der Waals surface area contributed by atoms with Gasteiger partial charge in [0.25, 0.3) is 0 Å². The van der Waals surface area contributed by atoms with Gasteiger partial charge >= 0.3 is 113 Å². The molecule has 19 heavy (non-hydrogen) atoms. The molecule has 0 heterocycles. The van der Waals surface area contributed by atoms with Crippen LogP contribution in [0.4, 0.5) is 0 Å². The first-order valence-electron chi connectivity index (χ1n) is 7.11. The van der Waals surface area contributed by atoms with Gasteiger partial charge in [0.2, 0.25) is 0 Å². The van der Waals surface area contributed by atoms with Crippen molar-refractivity contribution in [1.29, 1.82) is 0 Å². The molecular formula is C12H28ClNaO4S. The third kappa shape index (κ3) is 45.3. The molecular weight excluding hydrogens is 299 g/mol. The first kappa shape index (κ1) is 25.1. The summed E-state index contributed by atoms with van der Waals surface area (Å²) >= 11 is 1.41. The molecule has 0 spiro atoms. The molecule has 0 radical (unpaired) electrons. The van der Waals surface area contributed by atoms with E-state index in [1.54, 1.807) is 0 Å². The van der Waals surface area contributed by atoms with Crippen molar-refractivity contribution in [3.05, 3.63) is 0 Å². The van der Waals surface area contributed by atoms with Crippen LogP contribution in [-0.2, 0) is 10.4 Å². The molecule has 0 rings (SSSR count). The van der Waals surface area contributed by atoms with Crippen molar-refractivity contribution in [2.24, 2.45) is 0 Å². The second-order valence-corrected chi connectivity index (χ2v) is 6.53. The van der Waals surface area contributed by atoms with Crippen molar-refractivity contribution in [3.63, 3.8) is 0 Å². The molecule has 0 amide bonds. The Morgan fingerprint density at radius 3 is 1.32 bits per heavy atom. The predicted molar refractivity (Wildman–Crippen MR) is 83.8 cm³/mol. The summed E-state index contributed by atoms with van der Waals surface area (Å²) in [5.74, 6) is 0. The van der Waals surface area contributed by atoms with Crippen LogP contribution in [0.1, 0.15) is 71.1 Å². The molecule has 0 fully saturated rings. The van der Waals surface area contributed by atoms with Gasteiger partial charge in [-0.1, -0.05) is 0 Å². The average Bonchev–Trinajstić information content (AvgIpc) is 2.25. The smallest absolute Gasteiger partial charge is 0.264 e. The zero-order valence-electron chi connectivity index (χ0n) is 12.3. The van der Waals surface area contributed by atoms with Gasteiger partial charge in [-0.2, -0.15) is 8.42 Å². The van der Waals surface area contributed by atoms with Crippen molar-refractivity contribution in [1.82, 2.24) is 0 Å². The van der Waals surface area contributed by atoms with Gasteiger partial charge in [0.15, 0.2) is 0 Å². The Morgan fingerprint density at radius 2 is 1.05 bits per heavy atom. The maximum atomic E-state index is 8.74. The Balaban J connectivity index is -0.000000366. The molecule has 0 aromatic heterocycles. The molecule has 0 aliphatic rings. The van der Waals surface area contributed by atoms with E-state index >= 15 is 0 Å². The van der Waals surface area contributed by atoms with E-state index in [-0.39, 0.29) is 12.4 Å². The van der Waals surface area contributed by atoms with Gasteiger partial charge in [0.1, 0.15) is 0 Å². The molecule has 0 aromatic carbocycles. The summed E-state index contributed by atoms with van der Waals surface area (Å²) in [6.45, 7) is 2.29. The first-order valence-corrected chi connectivity index (χ1v) is 9.92. The largest absolute Gasteiger partial charge is 0.394 e. The summed E-state index contributed by atoms with van der Waals surface area (Å²) < 4.78 is 33.1. The fraction of sp³-hybridized carbons (Fsp3) is 1.00. The van der Waals surface area contributed by atoms with E-state index in [2.05, 4.69) is 6.92 Å². The quantitative estimate of drug-likeness (QED) is 0.357. The van der Waals surface area contributed by atoms with Crippen LogP contribution in [-0.4, -0.2) is 45.5 Å². The second-order valence-electron chi connectivity index (χ2n) is 4.63. The summed E-state index contributed by atoms with van der Waals surface area (Å²) in [6.07, 6.45) is 14.7. The summed E-state index contributed by atoms with van der Waals surface area (Å²) in [4.78, 5) is 0. The minimum absolute atomic E-state index is 0. The molecule has 0 saturated heterocycles. The Morgan fingerprint density at radius 1 is 0.789 bits per heavy atom. The summed E-state index contributed by atoms with van der Waals surface area (Å²) in [5.41, 5.74) is 0. The van der Waals surface area contributed by atoms with E-state index in [9.17, 15) is 0 Å². The van der Waals surface area contributed by atoms with Crippen molar-refractivity contribution in [3.8, 4) is 0 Å². The molecule has 0 bridgehead atoms. The molecule has 0 aromatic rings. The molecule has 0 aliphatic carbocycles. The van der Waals surface area contributed by atoms with E-state index in [1.165, 1.54) is 95.8 Å². The second kappa shape index (κ2) is 19.2.